The van der Waals surface area contributed by atoms with Crippen molar-refractivity contribution >= 4 is 11.9 Å². The molecule has 8 rings (SSSR count). The van der Waals surface area contributed by atoms with Crippen LogP contribution in [0.5, 0.6) is 0 Å². The van der Waals surface area contributed by atoms with Gasteiger partial charge in [0.2, 0.25) is 0 Å². The summed E-state index contributed by atoms with van der Waals surface area (Å²) in [6.45, 7) is 1.19. The van der Waals surface area contributed by atoms with E-state index in [1.54, 1.807) is 0 Å². The number of carbonyl (C=O) groups excluding carboxylic acids is 2. The molecule has 8 aliphatic rings. The van der Waals surface area contributed by atoms with Gasteiger partial charge in [-0.2, -0.15) is 8.78 Å². The van der Waals surface area contributed by atoms with E-state index >= 15 is 0 Å². The molecule has 0 N–H and O–H groups in total. The number of alkyl halides is 2. The standard InChI is InChI=1S/C26H36F2O5/c1-26(27,28)25(30)33-23-19-8-15-7-18(10-19)22(20(23)9-15)24(29)32-12-31-11-21-16-3-13-2-14(5-16)6-17(21)4-13/h13-23H,2-12H2,1H3. The van der Waals surface area contributed by atoms with E-state index in [2.05, 4.69) is 0 Å². The Hall–Kier alpha value is -1.24. The number of hydrogen-bond donors (Lipinski definition) is 0. The van der Waals surface area contributed by atoms with E-state index in [1.807, 2.05) is 0 Å². The Bertz CT molecular complexity index is 766. The third kappa shape index (κ3) is 4.00. The van der Waals surface area contributed by atoms with Crippen molar-refractivity contribution in [3.8, 4) is 0 Å². The Kier molecular flexibility index (Phi) is 5.50. The lowest BCUT2D eigenvalue weighted by atomic mass is 9.50. The second-order valence-corrected chi connectivity index (χ2v) is 12.3. The van der Waals surface area contributed by atoms with Gasteiger partial charge in [-0.3, -0.25) is 4.79 Å². The highest BCUT2D eigenvalue weighted by atomic mass is 19.3. The summed E-state index contributed by atoms with van der Waals surface area (Å²) in [5, 5.41) is 0. The van der Waals surface area contributed by atoms with Crippen LogP contribution in [0.25, 0.3) is 0 Å². The van der Waals surface area contributed by atoms with Crippen LogP contribution in [-0.2, 0) is 23.8 Å². The van der Waals surface area contributed by atoms with Gasteiger partial charge in [-0.15, -0.1) is 0 Å². The summed E-state index contributed by atoms with van der Waals surface area (Å²) in [5.74, 6) is -1.15. The zero-order chi connectivity index (χ0) is 22.9. The van der Waals surface area contributed by atoms with Gasteiger partial charge in [-0.05, 0) is 105 Å². The average molecular weight is 467 g/mol. The summed E-state index contributed by atoms with van der Waals surface area (Å²) in [7, 11) is 0. The normalized spacial score (nSPS) is 47.1. The summed E-state index contributed by atoms with van der Waals surface area (Å²) in [4.78, 5) is 25.0. The molecule has 0 radical (unpaired) electrons. The molecule has 0 amide bonds. The van der Waals surface area contributed by atoms with E-state index < -0.39 is 18.0 Å². The molecule has 0 spiro atoms. The zero-order valence-corrected chi connectivity index (χ0v) is 19.4. The number of carbonyl (C=O) groups is 2. The Morgan fingerprint density at radius 2 is 1.42 bits per heavy atom. The summed E-state index contributed by atoms with van der Waals surface area (Å²) >= 11 is 0. The SMILES string of the molecule is CC(F)(F)C(=O)OC1C2CC3CC(C2)C(C(=O)OCOCC2C4CC5CC(C4)CC2C5)C1C3. The van der Waals surface area contributed by atoms with E-state index in [0.717, 1.165) is 49.4 Å². The van der Waals surface area contributed by atoms with Crippen molar-refractivity contribution in [1.29, 1.82) is 0 Å². The zero-order valence-electron chi connectivity index (χ0n) is 19.4. The average Bonchev–Trinajstić information content (AvgIpc) is 2.73. The highest BCUT2D eigenvalue weighted by Gasteiger charge is 2.58. The molecule has 6 unspecified atom stereocenters. The van der Waals surface area contributed by atoms with Crippen LogP contribution >= 0.6 is 0 Å². The lowest BCUT2D eigenvalue weighted by Crippen LogP contribution is -2.57. The maximum absolute atomic E-state index is 13.5. The number of halogens is 2. The van der Waals surface area contributed by atoms with Crippen LogP contribution in [0.3, 0.4) is 0 Å². The second-order valence-electron chi connectivity index (χ2n) is 12.3. The number of hydrogen-bond acceptors (Lipinski definition) is 5. The number of esters is 2. The fourth-order valence-electron chi connectivity index (χ4n) is 9.33. The Balaban J connectivity index is 1.04. The molecule has 0 aromatic rings. The van der Waals surface area contributed by atoms with Crippen LogP contribution in [0.15, 0.2) is 0 Å². The van der Waals surface area contributed by atoms with Crippen molar-refractivity contribution < 1.29 is 32.6 Å². The largest absolute Gasteiger partial charge is 0.457 e. The fraction of sp³-hybridized carbons (Fsp3) is 0.923. The molecule has 0 aromatic carbocycles. The van der Waals surface area contributed by atoms with E-state index in [4.69, 9.17) is 14.2 Å². The van der Waals surface area contributed by atoms with E-state index in [0.29, 0.717) is 25.4 Å². The number of rotatable bonds is 7. The Morgan fingerprint density at radius 1 is 0.818 bits per heavy atom. The molecule has 0 aliphatic heterocycles. The summed E-state index contributed by atoms with van der Waals surface area (Å²) in [6, 6.07) is 0. The minimum Gasteiger partial charge on any atom is -0.457 e. The van der Waals surface area contributed by atoms with E-state index in [-0.39, 0.29) is 36.4 Å². The summed E-state index contributed by atoms with van der Waals surface area (Å²) in [5.41, 5.74) is 0. The first kappa shape index (κ1) is 22.2. The number of ether oxygens (including phenoxy) is 3. The van der Waals surface area contributed by atoms with Crippen LogP contribution < -0.4 is 0 Å². The van der Waals surface area contributed by atoms with Crippen molar-refractivity contribution in [2.45, 2.75) is 76.7 Å². The highest BCUT2D eigenvalue weighted by molar-refractivity contribution is 5.77. The quantitative estimate of drug-likeness (QED) is 0.306. The predicted molar refractivity (Wildman–Crippen MR) is 114 cm³/mol. The van der Waals surface area contributed by atoms with Gasteiger partial charge >= 0.3 is 17.9 Å². The molecule has 0 saturated heterocycles. The van der Waals surface area contributed by atoms with Crippen LogP contribution in [0.4, 0.5) is 8.78 Å². The monoisotopic (exact) mass is 466 g/mol. The summed E-state index contributed by atoms with van der Waals surface area (Å²) in [6.07, 6.45) is 9.54. The molecular weight excluding hydrogens is 430 g/mol. The minimum absolute atomic E-state index is 0.0398. The first-order chi connectivity index (χ1) is 15.8. The highest BCUT2D eigenvalue weighted by Crippen LogP contribution is 2.58. The van der Waals surface area contributed by atoms with Crippen molar-refractivity contribution in [3.05, 3.63) is 0 Å². The molecule has 8 fully saturated rings. The van der Waals surface area contributed by atoms with Crippen LogP contribution in [0, 0.1) is 59.2 Å². The molecule has 33 heavy (non-hydrogen) atoms. The predicted octanol–water partition coefficient (Wildman–Crippen LogP) is 4.83. The Labute approximate surface area is 194 Å². The molecule has 0 aromatic heterocycles. The van der Waals surface area contributed by atoms with Gasteiger partial charge < -0.3 is 14.2 Å². The van der Waals surface area contributed by atoms with Crippen molar-refractivity contribution in [2.24, 2.45) is 59.2 Å². The second kappa shape index (κ2) is 8.17. The van der Waals surface area contributed by atoms with Gasteiger partial charge in [0.1, 0.15) is 6.10 Å². The molecule has 0 heterocycles. The summed E-state index contributed by atoms with van der Waals surface area (Å²) < 4.78 is 43.7. The van der Waals surface area contributed by atoms with Gasteiger partial charge in [0.15, 0.2) is 6.79 Å². The molecule has 7 heteroatoms. The van der Waals surface area contributed by atoms with Gasteiger partial charge in [-0.1, -0.05) is 0 Å². The smallest absolute Gasteiger partial charge is 0.376 e. The third-order valence-corrected chi connectivity index (χ3v) is 10.2. The van der Waals surface area contributed by atoms with Crippen LogP contribution in [0.2, 0.25) is 0 Å². The van der Waals surface area contributed by atoms with Crippen molar-refractivity contribution in [2.75, 3.05) is 13.4 Å². The first-order valence-electron chi connectivity index (χ1n) is 13.1. The minimum atomic E-state index is -3.52. The molecule has 184 valence electrons. The first-order valence-corrected chi connectivity index (χ1v) is 13.1. The van der Waals surface area contributed by atoms with Crippen molar-refractivity contribution in [1.82, 2.24) is 0 Å². The lowest BCUT2D eigenvalue weighted by molar-refractivity contribution is -0.210. The molecule has 5 nitrogen and oxygen atoms in total. The molecular formula is C26H36F2O5. The fourth-order valence-corrected chi connectivity index (χ4v) is 9.33. The lowest BCUT2D eigenvalue weighted by Gasteiger charge is -2.56. The third-order valence-electron chi connectivity index (χ3n) is 10.2. The van der Waals surface area contributed by atoms with Crippen LogP contribution in [0.1, 0.15) is 64.7 Å². The van der Waals surface area contributed by atoms with Gasteiger partial charge in [0.25, 0.3) is 0 Å². The molecule has 8 aliphatic carbocycles. The Morgan fingerprint density at radius 3 is 2.09 bits per heavy atom. The maximum atomic E-state index is 13.5. The topological polar surface area (TPSA) is 61.8 Å². The van der Waals surface area contributed by atoms with Gasteiger partial charge in [0, 0.05) is 12.8 Å². The molecule has 8 bridgehead atoms. The molecule has 6 atom stereocenters. The maximum Gasteiger partial charge on any atom is 0.376 e. The van der Waals surface area contributed by atoms with Crippen molar-refractivity contribution in [3.63, 3.8) is 0 Å². The van der Waals surface area contributed by atoms with Crippen LogP contribution in [-0.4, -0.2) is 37.4 Å². The molecule has 8 saturated carbocycles. The van der Waals surface area contributed by atoms with E-state index in [1.165, 1.54) is 32.1 Å². The van der Waals surface area contributed by atoms with E-state index in [9.17, 15) is 18.4 Å². The van der Waals surface area contributed by atoms with Gasteiger partial charge in [0.05, 0.1) is 12.5 Å². The van der Waals surface area contributed by atoms with Gasteiger partial charge in [-0.25, -0.2) is 4.79 Å².